The van der Waals surface area contributed by atoms with Gasteiger partial charge in [0.2, 0.25) is 0 Å². The fourth-order valence-electron chi connectivity index (χ4n) is 1.58. The maximum atomic E-state index is 5.83. The van der Waals surface area contributed by atoms with Crippen LogP contribution in [-0.4, -0.2) is 4.98 Å². The summed E-state index contributed by atoms with van der Waals surface area (Å²) in [6, 6.07) is 11.8. The fourth-order valence-corrected chi connectivity index (χ4v) is 1.58. The molecule has 2 nitrogen and oxygen atoms in total. The molecule has 0 aliphatic carbocycles. The highest BCUT2D eigenvalue weighted by Gasteiger charge is 2.07. The van der Waals surface area contributed by atoms with Crippen molar-refractivity contribution in [2.24, 2.45) is 0 Å². The first-order valence-corrected chi connectivity index (χ1v) is 5.44. The maximum Gasteiger partial charge on any atom is 0.130 e. The molecule has 82 valence electrons. The molecule has 0 unspecified atom stereocenters. The molecule has 2 heteroatoms. The van der Waals surface area contributed by atoms with Gasteiger partial charge >= 0.3 is 0 Å². The van der Waals surface area contributed by atoms with Crippen LogP contribution in [0, 0.1) is 0 Å². The van der Waals surface area contributed by atoms with E-state index in [1.54, 1.807) is 12.4 Å². The van der Waals surface area contributed by atoms with Crippen molar-refractivity contribution in [3.8, 4) is 11.5 Å². The summed E-state index contributed by atoms with van der Waals surface area (Å²) < 4.78 is 5.83. The minimum absolute atomic E-state index is 0.457. The first kappa shape index (κ1) is 10.7. The number of aromatic nitrogens is 1. The van der Waals surface area contributed by atoms with Gasteiger partial charge in [0.1, 0.15) is 11.5 Å². The van der Waals surface area contributed by atoms with Crippen molar-refractivity contribution >= 4 is 0 Å². The SMILES string of the molecule is CC(C)c1ccccc1Oc1ccncc1. The zero-order valence-electron chi connectivity index (χ0n) is 9.55. The van der Waals surface area contributed by atoms with E-state index >= 15 is 0 Å². The van der Waals surface area contributed by atoms with Crippen LogP contribution in [0.1, 0.15) is 25.3 Å². The van der Waals surface area contributed by atoms with Gasteiger partial charge in [-0.3, -0.25) is 4.98 Å². The Kier molecular flexibility index (Phi) is 3.20. The lowest BCUT2D eigenvalue weighted by Crippen LogP contribution is -1.93. The first-order chi connectivity index (χ1) is 7.77. The lowest BCUT2D eigenvalue weighted by atomic mass is 10.0. The molecule has 0 N–H and O–H groups in total. The highest BCUT2D eigenvalue weighted by Crippen LogP contribution is 2.29. The molecular formula is C14H15NO. The number of nitrogens with zero attached hydrogens (tertiary/aromatic N) is 1. The van der Waals surface area contributed by atoms with Crippen LogP contribution >= 0.6 is 0 Å². The molecule has 2 rings (SSSR count). The lowest BCUT2D eigenvalue weighted by Gasteiger charge is -2.13. The molecule has 0 fully saturated rings. The molecule has 0 amide bonds. The van der Waals surface area contributed by atoms with Gasteiger partial charge in [-0.05, 0) is 29.7 Å². The quantitative estimate of drug-likeness (QED) is 0.768. The van der Waals surface area contributed by atoms with Crippen LogP contribution in [0.5, 0.6) is 11.5 Å². The first-order valence-electron chi connectivity index (χ1n) is 5.44. The van der Waals surface area contributed by atoms with Crippen LogP contribution in [0.15, 0.2) is 48.8 Å². The van der Waals surface area contributed by atoms with Gasteiger partial charge in [-0.25, -0.2) is 0 Å². The Morgan fingerprint density at radius 1 is 1.00 bits per heavy atom. The summed E-state index contributed by atoms with van der Waals surface area (Å²) in [5, 5.41) is 0. The summed E-state index contributed by atoms with van der Waals surface area (Å²) in [7, 11) is 0. The summed E-state index contributed by atoms with van der Waals surface area (Å²) in [4.78, 5) is 3.96. The molecule has 1 aromatic carbocycles. The van der Waals surface area contributed by atoms with Crippen LogP contribution in [0.3, 0.4) is 0 Å². The maximum absolute atomic E-state index is 5.83. The van der Waals surface area contributed by atoms with Gasteiger partial charge < -0.3 is 4.74 Å². The van der Waals surface area contributed by atoms with E-state index in [0.29, 0.717) is 5.92 Å². The Morgan fingerprint density at radius 3 is 2.38 bits per heavy atom. The van der Waals surface area contributed by atoms with Gasteiger partial charge in [0.25, 0.3) is 0 Å². The van der Waals surface area contributed by atoms with Crippen molar-refractivity contribution in [1.29, 1.82) is 0 Å². The summed E-state index contributed by atoms with van der Waals surface area (Å²) >= 11 is 0. The van der Waals surface area contributed by atoms with Crippen molar-refractivity contribution < 1.29 is 4.74 Å². The molecule has 16 heavy (non-hydrogen) atoms. The van der Waals surface area contributed by atoms with E-state index in [1.807, 2.05) is 30.3 Å². The Morgan fingerprint density at radius 2 is 1.69 bits per heavy atom. The van der Waals surface area contributed by atoms with Crippen molar-refractivity contribution in [1.82, 2.24) is 4.98 Å². The zero-order valence-corrected chi connectivity index (χ0v) is 9.55. The Labute approximate surface area is 95.9 Å². The summed E-state index contributed by atoms with van der Waals surface area (Å²) in [6.07, 6.45) is 3.46. The molecule has 0 atom stereocenters. The molecule has 0 aliphatic heterocycles. The van der Waals surface area contributed by atoms with E-state index < -0.39 is 0 Å². The van der Waals surface area contributed by atoms with Crippen LogP contribution < -0.4 is 4.74 Å². The number of hydrogen-bond donors (Lipinski definition) is 0. The largest absolute Gasteiger partial charge is 0.457 e. The van der Waals surface area contributed by atoms with E-state index in [1.165, 1.54) is 5.56 Å². The molecule has 1 heterocycles. The molecule has 0 saturated carbocycles. The van der Waals surface area contributed by atoms with E-state index in [9.17, 15) is 0 Å². The van der Waals surface area contributed by atoms with E-state index in [4.69, 9.17) is 4.74 Å². The minimum atomic E-state index is 0.457. The topological polar surface area (TPSA) is 22.1 Å². The predicted octanol–water partition coefficient (Wildman–Crippen LogP) is 4.00. The minimum Gasteiger partial charge on any atom is -0.457 e. The van der Waals surface area contributed by atoms with Crippen molar-refractivity contribution in [3.05, 3.63) is 54.4 Å². The second-order valence-electron chi connectivity index (χ2n) is 3.98. The van der Waals surface area contributed by atoms with E-state index in [0.717, 1.165) is 11.5 Å². The molecule has 2 aromatic rings. The van der Waals surface area contributed by atoms with Gasteiger partial charge in [-0.15, -0.1) is 0 Å². The number of para-hydroxylation sites is 1. The molecule has 1 aromatic heterocycles. The number of ether oxygens (including phenoxy) is 1. The third-order valence-corrected chi connectivity index (χ3v) is 2.42. The number of hydrogen-bond acceptors (Lipinski definition) is 2. The van der Waals surface area contributed by atoms with Gasteiger partial charge in [0.05, 0.1) is 0 Å². The van der Waals surface area contributed by atoms with Gasteiger partial charge in [-0.2, -0.15) is 0 Å². The van der Waals surface area contributed by atoms with Crippen LogP contribution in [0.2, 0.25) is 0 Å². The van der Waals surface area contributed by atoms with Crippen LogP contribution in [0.25, 0.3) is 0 Å². The molecule has 0 aliphatic rings. The second-order valence-corrected chi connectivity index (χ2v) is 3.98. The normalized spacial score (nSPS) is 10.4. The molecule has 0 saturated heterocycles. The zero-order chi connectivity index (χ0) is 11.4. The molecular weight excluding hydrogens is 198 g/mol. The third-order valence-electron chi connectivity index (χ3n) is 2.42. The highest BCUT2D eigenvalue weighted by molar-refractivity contribution is 5.38. The fraction of sp³-hybridized carbons (Fsp3) is 0.214. The average molecular weight is 213 g/mol. The summed E-state index contributed by atoms with van der Waals surface area (Å²) in [5.74, 6) is 2.20. The molecule has 0 bridgehead atoms. The third kappa shape index (κ3) is 2.40. The average Bonchev–Trinajstić information content (AvgIpc) is 2.31. The second kappa shape index (κ2) is 4.79. The smallest absolute Gasteiger partial charge is 0.130 e. The summed E-state index contributed by atoms with van der Waals surface area (Å²) in [6.45, 7) is 4.32. The van der Waals surface area contributed by atoms with Crippen LogP contribution in [-0.2, 0) is 0 Å². The van der Waals surface area contributed by atoms with Crippen LogP contribution in [0.4, 0.5) is 0 Å². The lowest BCUT2D eigenvalue weighted by molar-refractivity contribution is 0.472. The van der Waals surface area contributed by atoms with E-state index in [-0.39, 0.29) is 0 Å². The van der Waals surface area contributed by atoms with E-state index in [2.05, 4.69) is 24.9 Å². The highest BCUT2D eigenvalue weighted by atomic mass is 16.5. The number of rotatable bonds is 3. The van der Waals surface area contributed by atoms with Gasteiger partial charge in [0.15, 0.2) is 0 Å². The number of pyridine rings is 1. The molecule has 0 spiro atoms. The summed E-state index contributed by atoms with van der Waals surface area (Å²) in [5.41, 5.74) is 1.22. The predicted molar refractivity (Wildman–Crippen MR) is 64.8 cm³/mol. The standard InChI is InChI=1S/C14H15NO/c1-11(2)13-5-3-4-6-14(13)16-12-7-9-15-10-8-12/h3-11H,1-2H3. The monoisotopic (exact) mass is 213 g/mol. The van der Waals surface area contributed by atoms with Gasteiger partial charge in [0, 0.05) is 12.4 Å². The van der Waals surface area contributed by atoms with Gasteiger partial charge in [-0.1, -0.05) is 32.0 Å². The number of benzene rings is 1. The Bertz CT molecular complexity index is 451. The van der Waals surface area contributed by atoms with Crippen molar-refractivity contribution in [2.45, 2.75) is 19.8 Å². The Balaban J connectivity index is 2.28. The Hall–Kier alpha value is -1.83. The van der Waals surface area contributed by atoms with Crippen molar-refractivity contribution in [2.75, 3.05) is 0 Å². The molecule has 0 radical (unpaired) electrons. The van der Waals surface area contributed by atoms with Crippen molar-refractivity contribution in [3.63, 3.8) is 0 Å².